The number of rotatable bonds is 3. The Kier molecular flexibility index (Phi) is 3.54. The molecule has 0 amide bonds. The van der Waals surface area contributed by atoms with E-state index in [1.165, 1.54) is 11.1 Å². The van der Waals surface area contributed by atoms with Crippen molar-refractivity contribution in [2.45, 2.75) is 59.7 Å². The number of allylic oxidation sites excluding steroid dienone is 4. The van der Waals surface area contributed by atoms with Crippen molar-refractivity contribution in [2.75, 3.05) is 0 Å². The molecule has 0 radical (unpaired) electrons. The van der Waals surface area contributed by atoms with Crippen molar-refractivity contribution < 1.29 is 9.22 Å². The third-order valence-electron chi connectivity index (χ3n) is 4.18. The van der Waals surface area contributed by atoms with Gasteiger partial charge in [-0.1, -0.05) is 11.6 Å². The summed E-state index contributed by atoms with van der Waals surface area (Å²) in [5.41, 5.74) is 2.19. The molecule has 106 valence electrons. The average molecular weight is 278 g/mol. The molecule has 0 spiro atoms. The van der Waals surface area contributed by atoms with E-state index in [2.05, 4.69) is 46.5 Å². The molecule has 3 heteroatoms. The predicted molar refractivity (Wildman–Crippen MR) is 81.3 cm³/mol. The van der Waals surface area contributed by atoms with E-state index in [4.69, 9.17) is 4.43 Å². The van der Waals surface area contributed by atoms with Crippen molar-refractivity contribution in [1.82, 2.24) is 0 Å². The molecule has 0 N–H and O–H groups in total. The van der Waals surface area contributed by atoms with Crippen LogP contribution in [0.3, 0.4) is 0 Å². The van der Waals surface area contributed by atoms with Crippen LogP contribution in [0.2, 0.25) is 19.6 Å². The summed E-state index contributed by atoms with van der Waals surface area (Å²) in [6, 6.07) is 0. The minimum absolute atomic E-state index is 0.303. The second-order valence-corrected chi connectivity index (χ2v) is 11.6. The molecule has 0 aliphatic heterocycles. The van der Waals surface area contributed by atoms with E-state index in [1.807, 2.05) is 0 Å². The summed E-state index contributed by atoms with van der Waals surface area (Å²) in [5.74, 6) is 1.93. The van der Waals surface area contributed by atoms with E-state index in [9.17, 15) is 4.79 Å². The zero-order valence-corrected chi connectivity index (χ0v) is 14.1. The Labute approximate surface area is 118 Å². The van der Waals surface area contributed by atoms with Gasteiger partial charge in [-0.15, -0.1) is 0 Å². The molecule has 2 atom stereocenters. The van der Waals surface area contributed by atoms with Gasteiger partial charge in [0.15, 0.2) is 0 Å². The van der Waals surface area contributed by atoms with Crippen LogP contribution in [-0.4, -0.2) is 14.1 Å². The third kappa shape index (κ3) is 2.45. The van der Waals surface area contributed by atoms with E-state index in [1.54, 1.807) is 0 Å². The highest BCUT2D eigenvalue weighted by Crippen LogP contribution is 2.60. The predicted octanol–water partition coefficient (Wildman–Crippen LogP) is 4.45. The van der Waals surface area contributed by atoms with E-state index in [-0.39, 0.29) is 5.41 Å². The zero-order chi connectivity index (χ0) is 14.4. The third-order valence-corrected chi connectivity index (χ3v) is 5.10. The Bertz CT molecular complexity index is 464. The fourth-order valence-electron chi connectivity index (χ4n) is 3.65. The van der Waals surface area contributed by atoms with Gasteiger partial charge in [0.1, 0.15) is 5.78 Å². The molecular weight excluding hydrogens is 252 g/mol. The minimum Gasteiger partial charge on any atom is -0.548 e. The first kappa shape index (κ1) is 14.6. The SMILES string of the molecule is CC(C)=C[C@@]12C(=O)C[C@@H]1CC/C2=C(/C)O[Si](C)(C)C. The quantitative estimate of drug-likeness (QED) is 0.433. The number of Topliss-reactive ketones (excluding diaryl/α,β-unsaturated/α-hetero) is 1. The first-order valence-corrected chi connectivity index (χ1v) is 10.7. The Morgan fingerprint density at radius 1 is 1.32 bits per heavy atom. The van der Waals surface area contributed by atoms with Crippen LogP contribution >= 0.6 is 0 Å². The van der Waals surface area contributed by atoms with Gasteiger partial charge in [0.25, 0.3) is 0 Å². The van der Waals surface area contributed by atoms with Crippen LogP contribution < -0.4 is 0 Å². The smallest absolute Gasteiger partial charge is 0.241 e. The van der Waals surface area contributed by atoms with Crippen molar-refractivity contribution in [1.29, 1.82) is 0 Å². The van der Waals surface area contributed by atoms with E-state index in [0.29, 0.717) is 11.7 Å². The van der Waals surface area contributed by atoms with Crippen molar-refractivity contribution in [2.24, 2.45) is 11.3 Å². The van der Waals surface area contributed by atoms with Gasteiger partial charge in [-0.05, 0) is 64.7 Å². The fourth-order valence-corrected chi connectivity index (χ4v) is 4.69. The Balaban J connectivity index is 2.43. The number of carbonyl (C=O) groups is 1. The monoisotopic (exact) mass is 278 g/mol. The van der Waals surface area contributed by atoms with Gasteiger partial charge in [0, 0.05) is 6.42 Å². The van der Waals surface area contributed by atoms with E-state index in [0.717, 1.165) is 25.0 Å². The van der Waals surface area contributed by atoms with Gasteiger partial charge < -0.3 is 4.43 Å². The molecule has 2 fully saturated rings. The van der Waals surface area contributed by atoms with Crippen molar-refractivity contribution in [3.05, 3.63) is 23.0 Å². The lowest BCUT2D eigenvalue weighted by Crippen LogP contribution is -2.46. The van der Waals surface area contributed by atoms with Crippen LogP contribution in [-0.2, 0) is 9.22 Å². The number of hydrogen-bond acceptors (Lipinski definition) is 2. The molecule has 2 saturated carbocycles. The highest BCUT2D eigenvalue weighted by atomic mass is 28.4. The van der Waals surface area contributed by atoms with Gasteiger partial charge in [-0.3, -0.25) is 4.79 Å². The van der Waals surface area contributed by atoms with Gasteiger partial charge in [-0.25, -0.2) is 0 Å². The summed E-state index contributed by atoms with van der Waals surface area (Å²) >= 11 is 0. The van der Waals surface area contributed by atoms with Crippen LogP contribution in [0.5, 0.6) is 0 Å². The second-order valence-electron chi connectivity index (χ2n) is 7.20. The summed E-state index contributed by atoms with van der Waals surface area (Å²) in [6.45, 7) is 12.8. The summed E-state index contributed by atoms with van der Waals surface area (Å²) in [7, 11) is -1.60. The van der Waals surface area contributed by atoms with Crippen LogP contribution in [0, 0.1) is 11.3 Å². The second kappa shape index (κ2) is 4.62. The molecule has 0 aromatic rings. The maximum Gasteiger partial charge on any atom is 0.241 e. The zero-order valence-electron chi connectivity index (χ0n) is 13.1. The lowest BCUT2D eigenvalue weighted by Gasteiger charge is -2.43. The van der Waals surface area contributed by atoms with Gasteiger partial charge >= 0.3 is 0 Å². The topological polar surface area (TPSA) is 26.3 Å². The molecule has 2 nitrogen and oxygen atoms in total. The normalized spacial score (nSPS) is 32.5. The fraction of sp³-hybridized carbons (Fsp3) is 0.688. The Hall–Kier alpha value is -0.833. The van der Waals surface area contributed by atoms with Gasteiger partial charge in [-0.2, -0.15) is 0 Å². The Morgan fingerprint density at radius 2 is 1.95 bits per heavy atom. The van der Waals surface area contributed by atoms with Crippen molar-refractivity contribution >= 4 is 14.1 Å². The lowest BCUT2D eigenvalue weighted by atomic mass is 9.58. The maximum atomic E-state index is 12.3. The molecular formula is C16H26O2Si. The highest BCUT2D eigenvalue weighted by Gasteiger charge is 2.59. The van der Waals surface area contributed by atoms with Gasteiger partial charge in [0.2, 0.25) is 8.32 Å². The molecule has 0 aromatic carbocycles. The van der Waals surface area contributed by atoms with Crippen LogP contribution in [0.25, 0.3) is 0 Å². The summed E-state index contributed by atoms with van der Waals surface area (Å²) in [5, 5.41) is 0. The molecule has 19 heavy (non-hydrogen) atoms. The first-order chi connectivity index (χ1) is 8.67. The largest absolute Gasteiger partial charge is 0.548 e. The van der Waals surface area contributed by atoms with Crippen molar-refractivity contribution in [3.8, 4) is 0 Å². The molecule has 2 rings (SSSR count). The summed E-state index contributed by atoms with van der Waals surface area (Å²) in [6.07, 6.45) is 5.12. The summed E-state index contributed by atoms with van der Waals surface area (Å²) < 4.78 is 6.17. The number of carbonyl (C=O) groups excluding carboxylic acids is 1. The average Bonchev–Trinajstić information content (AvgIpc) is 2.50. The molecule has 0 aromatic heterocycles. The molecule has 0 bridgehead atoms. The van der Waals surface area contributed by atoms with E-state index >= 15 is 0 Å². The highest BCUT2D eigenvalue weighted by molar-refractivity contribution is 6.70. The molecule has 0 unspecified atom stereocenters. The molecule has 2 aliphatic carbocycles. The molecule has 2 aliphatic rings. The lowest BCUT2D eigenvalue weighted by molar-refractivity contribution is -0.136. The number of ketones is 1. The molecule has 0 saturated heterocycles. The van der Waals surface area contributed by atoms with Crippen LogP contribution in [0.15, 0.2) is 23.0 Å². The Morgan fingerprint density at radius 3 is 2.42 bits per heavy atom. The number of fused-ring (bicyclic) bond motifs is 1. The number of hydrogen-bond donors (Lipinski definition) is 0. The standard InChI is InChI=1S/C16H26O2Si/c1-11(2)10-16-13(9-15(16)17)7-8-14(16)12(3)18-19(4,5)6/h10,13H,7-9H2,1-6H3/b14-12+/t13-,16+/m0/s1. The van der Waals surface area contributed by atoms with Crippen molar-refractivity contribution in [3.63, 3.8) is 0 Å². The summed E-state index contributed by atoms with van der Waals surface area (Å²) in [4.78, 5) is 12.3. The maximum absolute atomic E-state index is 12.3. The van der Waals surface area contributed by atoms with Crippen LogP contribution in [0.4, 0.5) is 0 Å². The van der Waals surface area contributed by atoms with Gasteiger partial charge in [0.05, 0.1) is 11.2 Å². The molecule has 0 heterocycles. The van der Waals surface area contributed by atoms with E-state index < -0.39 is 8.32 Å². The van der Waals surface area contributed by atoms with Crippen LogP contribution in [0.1, 0.15) is 40.0 Å². The minimum atomic E-state index is -1.60. The first-order valence-electron chi connectivity index (χ1n) is 7.25.